The molecule has 0 atom stereocenters. The van der Waals surface area contributed by atoms with Crippen LogP contribution >= 0.6 is 15.9 Å². The Morgan fingerprint density at radius 2 is 1.88 bits per heavy atom. The van der Waals surface area contributed by atoms with Crippen LogP contribution in [0.1, 0.15) is 30.3 Å². The van der Waals surface area contributed by atoms with E-state index < -0.39 is 5.91 Å². The molecule has 0 aliphatic carbocycles. The average molecular weight is 429 g/mol. The number of carbonyl (C=O) groups is 3. The molecule has 0 saturated carbocycles. The minimum Gasteiger partial charge on any atom is -0.444 e. The number of hydrogen-bond donors (Lipinski definition) is 2. The number of hydrogen-bond acceptors (Lipinski definition) is 5. The highest BCUT2D eigenvalue weighted by Crippen LogP contribution is 2.13. The minimum absolute atomic E-state index is 0.0232. The zero-order chi connectivity index (χ0) is 18.9. The lowest BCUT2D eigenvalue weighted by Gasteiger charge is -2.34. The number of halogens is 1. The lowest BCUT2D eigenvalue weighted by Crippen LogP contribution is -2.53. The Morgan fingerprint density at radius 3 is 2.50 bits per heavy atom. The van der Waals surface area contributed by atoms with Gasteiger partial charge in [-0.05, 0) is 34.5 Å². The number of amides is 3. The first-order valence-electron chi connectivity index (χ1n) is 8.80. The standard InChI is InChI=1S/C17H25BrN4O4/c1-2-3-6-19-15(23)12-21-7-9-22(10-8-21)16(24)11-20-17(25)13-4-5-14(18)26-13/h4-5H,2-3,6-12H2,1H3,(H,19,23)(H,20,25). The van der Waals surface area contributed by atoms with Crippen LogP contribution in [-0.4, -0.2) is 73.3 Å². The molecule has 8 nitrogen and oxygen atoms in total. The van der Waals surface area contributed by atoms with Gasteiger partial charge in [-0.25, -0.2) is 0 Å². The van der Waals surface area contributed by atoms with E-state index in [-0.39, 0.29) is 24.1 Å². The molecular weight excluding hydrogens is 404 g/mol. The maximum atomic E-state index is 12.2. The van der Waals surface area contributed by atoms with Gasteiger partial charge in [-0.3, -0.25) is 19.3 Å². The molecule has 2 rings (SSSR count). The van der Waals surface area contributed by atoms with Crippen LogP contribution in [0.3, 0.4) is 0 Å². The van der Waals surface area contributed by atoms with Crippen molar-refractivity contribution in [2.45, 2.75) is 19.8 Å². The zero-order valence-corrected chi connectivity index (χ0v) is 16.5. The predicted molar refractivity (Wildman–Crippen MR) is 99.7 cm³/mol. The summed E-state index contributed by atoms with van der Waals surface area (Å²) in [6, 6.07) is 3.16. The summed E-state index contributed by atoms with van der Waals surface area (Å²) in [6.45, 7) is 5.45. The van der Waals surface area contributed by atoms with E-state index in [9.17, 15) is 14.4 Å². The quantitative estimate of drug-likeness (QED) is 0.598. The highest BCUT2D eigenvalue weighted by Gasteiger charge is 2.23. The van der Waals surface area contributed by atoms with Crippen LogP contribution in [0.15, 0.2) is 21.2 Å². The summed E-state index contributed by atoms with van der Waals surface area (Å²) in [5.74, 6) is -0.388. The molecule has 9 heteroatoms. The summed E-state index contributed by atoms with van der Waals surface area (Å²) in [4.78, 5) is 39.6. The molecule has 1 aromatic heterocycles. The third-order valence-electron chi connectivity index (χ3n) is 4.14. The molecule has 0 aromatic carbocycles. The lowest BCUT2D eigenvalue weighted by atomic mass is 10.3. The molecule has 0 unspecified atom stereocenters. The maximum Gasteiger partial charge on any atom is 0.287 e. The van der Waals surface area contributed by atoms with Gasteiger partial charge in [0.25, 0.3) is 5.91 Å². The van der Waals surface area contributed by atoms with Gasteiger partial charge in [-0.2, -0.15) is 0 Å². The molecule has 0 radical (unpaired) electrons. The number of nitrogens with one attached hydrogen (secondary N) is 2. The van der Waals surface area contributed by atoms with Gasteiger partial charge in [0, 0.05) is 32.7 Å². The van der Waals surface area contributed by atoms with Crippen LogP contribution in [0.2, 0.25) is 0 Å². The van der Waals surface area contributed by atoms with Crippen molar-refractivity contribution in [1.29, 1.82) is 0 Å². The number of rotatable bonds is 8. The third-order valence-corrected chi connectivity index (χ3v) is 4.57. The molecule has 1 aliphatic rings. The van der Waals surface area contributed by atoms with E-state index >= 15 is 0 Å². The SMILES string of the molecule is CCCCNC(=O)CN1CCN(C(=O)CNC(=O)c2ccc(Br)o2)CC1. The summed E-state index contributed by atoms with van der Waals surface area (Å²) in [5.41, 5.74) is 0. The third kappa shape index (κ3) is 6.45. The van der Waals surface area contributed by atoms with Gasteiger partial charge in [-0.15, -0.1) is 0 Å². The predicted octanol–water partition coefficient (Wildman–Crippen LogP) is 0.832. The topological polar surface area (TPSA) is 94.9 Å². The van der Waals surface area contributed by atoms with Crippen LogP contribution in [0, 0.1) is 0 Å². The Balaban J connectivity index is 1.66. The summed E-state index contributed by atoms with van der Waals surface area (Å²) in [7, 11) is 0. The first kappa shape index (κ1) is 20.4. The van der Waals surface area contributed by atoms with Crippen LogP contribution in [0.4, 0.5) is 0 Å². The van der Waals surface area contributed by atoms with E-state index in [2.05, 4.69) is 33.5 Å². The fourth-order valence-corrected chi connectivity index (χ4v) is 2.92. The Morgan fingerprint density at radius 1 is 1.15 bits per heavy atom. The summed E-state index contributed by atoms with van der Waals surface area (Å²) < 4.78 is 5.61. The second-order valence-corrected chi connectivity index (χ2v) is 6.93. The van der Waals surface area contributed by atoms with Crippen LogP contribution in [0.5, 0.6) is 0 Å². The number of nitrogens with zero attached hydrogens (tertiary/aromatic N) is 2. The van der Waals surface area contributed by atoms with Crippen LogP contribution in [0.25, 0.3) is 0 Å². The number of carbonyl (C=O) groups excluding carboxylic acids is 3. The van der Waals surface area contributed by atoms with Gasteiger partial charge in [0.15, 0.2) is 10.4 Å². The van der Waals surface area contributed by atoms with E-state index in [4.69, 9.17) is 4.42 Å². The van der Waals surface area contributed by atoms with Crippen molar-refractivity contribution in [3.05, 3.63) is 22.6 Å². The monoisotopic (exact) mass is 428 g/mol. The zero-order valence-electron chi connectivity index (χ0n) is 14.9. The number of unbranched alkanes of at least 4 members (excludes halogenated alkanes) is 1. The van der Waals surface area contributed by atoms with Gasteiger partial charge >= 0.3 is 0 Å². The smallest absolute Gasteiger partial charge is 0.287 e. The van der Waals surface area contributed by atoms with E-state index in [0.717, 1.165) is 12.8 Å². The van der Waals surface area contributed by atoms with E-state index in [0.29, 0.717) is 43.9 Å². The second-order valence-electron chi connectivity index (χ2n) is 6.15. The van der Waals surface area contributed by atoms with Gasteiger partial charge in [-0.1, -0.05) is 13.3 Å². The average Bonchev–Trinajstić information content (AvgIpc) is 3.07. The molecule has 2 heterocycles. The first-order chi connectivity index (χ1) is 12.5. The van der Waals surface area contributed by atoms with Gasteiger partial charge in [0.05, 0.1) is 13.1 Å². The van der Waals surface area contributed by atoms with Crippen molar-refractivity contribution in [3.63, 3.8) is 0 Å². The highest BCUT2D eigenvalue weighted by atomic mass is 79.9. The van der Waals surface area contributed by atoms with E-state index in [1.54, 1.807) is 11.0 Å². The Labute approximate surface area is 161 Å². The number of piperazine rings is 1. The molecular formula is C17H25BrN4O4. The Bertz CT molecular complexity index is 626. The maximum absolute atomic E-state index is 12.2. The van der Waals surface area contributed by atoms with Crippen molar-refractivity contribution >= 4 is 33.7 Å². The van der Waals surface area contributed by atoms with Crippen LogP contribution in [-0.2, 0) is 9.59 Å². The molecule has 1 aromatic rings. The van der Waals surface area contributed by atoms with Gasteiger partial charge in [0.1, 0.15) is 0 Å². The van der Waals surface area contributed by atoms with E-state index in [1.165, 1.54) is 6.07 Å². The Hall–Kier alpha value is -1.87. The van der Waals surface area contributed by atoms with Crippen LogP contribution < -0.4 is 10.6 Å². The molecule has 2 N–H and O–H groups in total. The molecule has 26 heavy (non-hydrogen) atoms. The summed E-state index contributed by atoms with van der Waals surface area (Å²) >= 11 is 3.13. The fraction of sp³-hybridized carbons (Fsp3) is 0.588. The van der Waals surface area contributed by atoms with Crippen molar-refractivity contribution in [1.82, 2.24) is 20.4 Å². The summed E-state index contributed by atoms with van der Waals surface area (Å²) in [6.07, 6.45) is 2.03. The normalized spacial score (nSPS) is 14.9. The number of furan rings is 1. The fourth-order valence-electron chi connectivity index (χ4n) is 2.61. The largest absolute Gasteiger partial charge is 0.444 e. The van der Waals surface area contributed by atoms with E-state index in [1.807, 2.05) is 4.90 Å². The Kier molecular flexibility index (Phi) is 8.11. The molecule has 0 spiro atoms. The minimum atomic E-state index is -0.425. The van der Waals surface area contributed by atoms with Crippen molar-refractivity contribution in [2.75, 3.05) is 45.8 Å². The molecule has 0 bridgehead atoms. The molecule has 3 amide bonds. The van der Waals surface area contributed by atoms with Gasteiger partial charge in [0.2, 0.25) is 11.8 Å². The molecule has 1 fully saturated rings. The molecule has 1 saturated heterocycles. The highest BCUT2D eigenvalue weighted by molar-refractivity contribution is 9.10. The van der Waals surface area contributed by atoms with Crippen molar-refractivity contribution in [2.24, 2.45) is 0 Å². The van der Waals surface area contributed by atoms with Gasteiger partial charge < -0.3 is 20.0 Å². The lowest BCUT2D eigenvalue weighted by molar-refractivity contribution is -0.132. The van der Waals surface area contributed by atoms with Crippen molar-refractivity contribution < 1.29 is 18.8 Å². The second kappa shape index (κ2) is 10.3. The first-order valence-corrected chi connectivity index (χ1v) is 9.59. The molecule has 1 aliphatic heterocycles. The van der Waals surface area contributed by atoms with Crippen molar-refractivity contribution in [3.8, 4) is 0 Å². The molecule has 144 valence electrons. The summed E-state index contributed by atoms with van der Waals surface area (Å²) in [5, 5.41) is 5.45.